The Kier molecular flexibility index (Phi) is 4.12. The molecule has 0 aliphatic heterocycles. The smallest absolute Gasteiger partial charge is 0.339 e. The van der Waals surface area contributed by atoms with E-state index in [0.717, 1.165) is 12.8 Å². The van der Waals surface area contributed by atoms with Gasteiger partial charge < -0.3 is 14.9 Å². The van der Waals surface area contributed by atoms with Gasteiger partial charge >= 0.3 is 5.63 Å². The second-order valence-electron chi connectivity index (χ2n) is 3.19. The van der Waals surface area contributed by atoms with Crippen LogP contribution < -0.4 is 16.1 Å². The van der Waals surface area contributed by atoms with E-state index in [1.165, 1.54) is 12.3 Å². The lowest BCUT2D eigenvalue weighted by molar-refractivity contribution is 0.396. The third kappa shape index (κ3) is 3.25. The highest BCUT2D eigenvalue weighted by Crippen LogP contribution is 2.18. The van der Waals surface area contributed by atoms with Crippen molar-refractivity contribution in [1.82, 2.24) is 0 Å². The molecule has 82 valence electrons. The van der Waals surface area contributed by atoms with Crippen molar-refractivity contribution in [1.29, 1.82) is 0 Å². The van der Waals surface area contributed by atoms with E-state index in [4.69, 9.17) is 14.9 Å². The second-order valence-corrected chi connectivity index (χ2v) is 3.19. The predicted octanol–water partition coefficient (Wildman–Crippen LogP) is 1.96. The molecule has 0 fully saturated rings. The summed E-state index contributed by atoms with van der Waals surface area (Å²) in [6.45, 7) is 5.43. The SMILES string of the molecule is C=COc1cc([C@H](N)CCC)oc(=O)c1. The standard InChI is InChI=1S/C11H15NO3/c1-3-5-9(12)10-6-8(14-4-2)7-11(13)15-10/h4,6-7,9H,2-3,5,12H2,1H3/t9-/m1/s1. The first kappa shape index (κ1) is 11.5. The lowest BCUT2D eigenvalue weighted by Gasteiger charge is -2.09. The van der Waals surface area contributed by atoms with E-state index in [1.807, 2.05) is 6.92 Å². The first-order chi connectivity index (χ1) is 7.17. The normalized spacial score (nSPS) is 12.1. The van der Waals surface area contributed by atoms with E-state index in [1.54, 1.807) is 6.07 Å². The average molecular weight is 209 g/mol. The number of hydrogen-bond acceptors (Lipinski definition) is 4. The highest BCUT2D eigenvalue weighted by molar-refractivity contribution is 5.22. The van der Waals surface area contributed by atoms with E-state index in [-0.39, 0.29) is 6.04 Å². The summed E-state index contributed by atoms with van der Waals surface area (Å²) in [7, 11) is 0. The third-order valence-corrected chi connectivity index (χ3v) is 1.95. The molecule has 15 heavy (non-hydrogen) atoms. The predicted molar refractivity (Wildman–Crippen MR) is 57.6 cm³/mol. The molecular weight excluding hydrogens is 194 g/mol. The zero-order chi connectivity index (χ0) is 11.3. The topological polar surface area (TPSA) is 65.5 Å². The number of rotatable bonds is 5. The summed E-state index contributed by atoms with van der Waals surface area (Å²) in [4.78, 5) is 11.2. The molecule has 4 heteroatoms. The van der Waals surface area contributed by atoms with Crippen LogP contribution in [0.3, 0.4) is 0 Å². The number of hydrogen-bond donors (Lipinski definition) is 1. The fourth-order valence-electron chi connectivity index (χ4n) is 1.27. The molecule has 0 unspecified atom stereocenters. The van der Waals surface area contributed by atoms with Crippen LogP contribution in [0.4, 0.5) is 0 Å². The Hall–Kier alpha value is -1.55. The molecule has 0 radical (unpaired) electrons. The average Bonchev–Trinajstić information content (AvgIpc) is 2.17. The summed E-state index contributed by atoms with van der Waals surface area (Å²) in [5.41, 5.74) is 5.36. The monoisotopic (exact) mass is 209 g/mol. The van der Waals surface area contributed by atoms with Gasteiger partial charge in [-0.2, -0.15) is 0 Å². The van der Waals surface area contributed by atoms with Crippen molar-refractivity contribution in [3.63, 3.8) is 0 Å². The molecule has 1 atom stereocenters. The van der Waals surface area contributed by atoms with Crippen molar-refractivity contribution in [3.05, 3.63) is 41.2 Å². The fourth-order valence-corrected chi connectivity index (χ4v) is 1.27. The first-order valence-electron chi connectivity index (χ1n) is 4.85. The minimum absolute atomic E-state index is 0.268. The minimum Gasteiger partial charge on any atom is -0.465 e. The molecule has 1 aromatic heterocycles. The summed E-state index contributed by atoms with van der Waals surface area (Å²) in [6.07, 6.45) is 2.95. The zero-order valence-electron chi connectivity index (χ0n) is 8.73. The van der Waals surface area contributed by atoms with Gasteiger partial charge in [-0.05, 0) is 6.42 Å². The van der Waals surface area contributed by atoms with Gasteiger partial charge in [0.2, 0.25) is 0 Å². The summed E-state index contributed by atoms with van der Waals surface area (Å²) in [5, 5.41) is 0. The maximum Gasteiger partial charge on any atom is 0.339 e. The molecule has 0 aromatic carbocycles. The second kappa shape index (κ2) is 5.36. The number of ether oxygens (including phenoxy) is 1. The molecule has 1 aromatic rings. The fraction of sp³-hybridized carbons (Fsp3) is 0.364. The van der Waals surface area contributed by atoms with Crippen LogP contribution in [0.2, 0.25) is 0 Å². The molecule has 0 saturated heterocycles. The largest absolute Gasteiger partial charge is 0.465 e. The molecule has 0 aliphatic rings. The van der Waals surface area contributed by atoms with Crippen molar-refractivity contribution in [2.24, 2.45) is 5.73 Å². The maximum atomic E-state index is 11.2. The van der Waals surface area contributed by atoms with Gasteiger partial charge in [-0.15, -0.1) is 0 Å². The van der Waals surface area contributed by atoms with E-state index in [0.29, 0.717) is 11.5 Å². The van der Waals surface area contributed by atoms with Gasteiger partial charge in [0.1, 0.15) is 11.5 Å². The summed E-state index contributed by atoms with van der Waals surface area (Å²) in [5.74, 6) is 0.851. The molecule has 0 amide bonds. The Morgan fingerprint density at radius 1 is 1.67 bits per heavy atom. The van der Waals surface area contributed by atoms with E-state index in [2.05, 4.69) is 6.58 Å². The van der Waals surface area contributed by atoms with Crippen molar-refractivity contribution in [2.45, 2.75) is 25.8 Å². The molecule has 0 saturated carbocycles. The third-order valence-electron chi connectivity index (χ3n) is 1.95. The highest BCUT2D eigenvalue weighted by Gasteiger charge is 2.10. The lowest BCUT2D eigenvalue weighted by Crippen LogP contribution is -2.12. The molecule has 0 aliphatic carbocycles. The Morgan fingerprint density at radius 3 is 3.00 bits per heavy atom. The van der Waals surface area contributed by atoms with Gasteiger partial charge in [-0.3, -0.25) is 0 Å². The van der Waals surface area contributed by atoms with Crippen LogP contribution in [-0.2, 0) is 0 Å². The maximum absolute atomic E-state index is 11.2. The van der Waals surface area contributed by atoms with Crippen molar-refractivity contribution >= 4 is 0 Å². The summed E-state index contributed by atoms with van der Waals surface area (Å²) >= 11 is 0. The first-order valence-corrected chi connectivity index (χ1v) is 4.85. The zero-order valence-corrected chi connectivity index (χ0v) is 8.73. The lowest BCUT2D eigenvalue weighted by atomic mass is 10.1. The molecular formula is C11H15NO3. The van der Waals surface area contributed by atoms with E-state index >= 15 is 0 Å². The van der Waals surface area contributed by atoms with Crippen LogP contribution in [0.25, 0.3) is 0 Å². The van der Waals surface area contributed by atoms with Crippen LogP contribution >= 0.6 is 0 Å². The number of nitrogens with two attached hydrogens (primary N) is 1. The Balaban J connectivity index is 2.97. The van der Waals surface area contributed by atoms with E-state index < -0.39 is 5.63 Å². The minimum atomic E-state index is -0.462. The molecule has 1 rings (SSSR count). The Bertz CT molecular complexity index is 384. The van der Waals surface area contributed by atoms with Gasteiger partial charge in [-0.1, -0.05) is 19.9 Å². The molecule has 2 N–H and O–H groups in total. The summed E-state index contributed by atoms with van der Waals surface area (Å²) < 4.78 is 9.99. The van der Waals surface area contributed by atoms with Gasteiger partial charge in [0.25, 0.3) is 0 Å². The molecule has 1 heterocycles. The van der Waals surface area contributed by atoms with Crippen LogP contribution in [-0.4, -0.2) is 0 Å². The van der Waals surface area contributed by atoms with E-state index in [9.17, 15) is 4.79 Å². The summed E-state index contributed by atoms with van der Waals surface area (Å²) in [6, 6.07) is 2.60. The Labute approximate surface area is 88.4 Å². The molecule has 4 nitrogen and oxygen atoms in total. The molecule has 0 bridgehead atoms. The van der Waals surface area contributed by atoms with Gasteiger partial charge in [-0.25, -0.2) is 4.79 Å². The van der Waals surface area contributed by atoms with Gasteiger partial charge in [0.15, 0.2) is 0 Å². The van der Waals surface area contributed by atoms with Crippen LogP contribution in [0, 0.1) is 0 Å². The quantitative estimate of drug-likeness (QED) is 0.753. The van der Waals surface area contributed by atoms with Crippen LogP contribution in [0.5, 0.6) is 5.75 Å². The molecule has 0 spiro atoms. The van der Waals surface area contributed by atoms with Gasteiger partial charge in [0.05, 0.1) is 18.4 Å². The van der Waals surface area contributed by atoms with Crippen LogP contribution in [0.15, 0.2) is 34.2 Å². The Morgan fingerprint density at radius 2 is 2.40 bits per heavy atom. The van der Waals surface area contributed by atoms with Crippen molar-refractivity contribution < 1.29 is 9.15 Å². The van der Waals surface area contributed by atoms with Crippen molar-refractivity contribution in [3.8, 4) is 5.75 Å². The van der Waals surface area contributed by atoms with Crippen molar-refractivity contribution in [2.75, 3.05) is 0 Å². The highest BCUT2D eigenvalue weighted by atomic mass is 16.5. The van der Waals surface area contributed by atoms with Gasteiger partial charge in [0, 0.05) is 6.07 Å². The van der Waals surface area contributed by atoms with Crippen LogP contribution in [0.1, 0.15) is 31.6 Å².